The molecule has 1 N–H and O–H groups in total. The van der Waals surface area contributed by atoms with E-state index in [1.807, 2.05) is 0 Å². The second-order valence-corrected chi connectivity index (χ2v) is 5.68. The van der Waals surface area contributed by atoms with Gasteiger partial charge in [-0.15, -0.1) is 0 Å². The number of halogens is 2. The molecule has 0 bridgehead atoms. The molecule has 3 aromatic rings. The van der Waals surface area contributed by atoms with Crippen LogP contribution in [-0.4, -0.2) is 15.7 Å². The number of aryl methyl sites for hydroxylation is 1. The molecule has 0 aliphatic carbocycles. The minimum atomic E-state index is -0.744. The van der Waals surface area contributed by atoms with Crippen molar-refractivity contribution in [2.75, 3.05) is 0 Å². The Bertz CT molecular complexity index is 1030. The van der Waals surface area contributed by atoms with Gasteiger partial charge in [0.2, 0.25) is 0 Å². The highest BCUT2D eigenvalue weighted by Gasteiger charge is 2.19. The van der Waals surface area contributed by atoms with E-state index >= 15 is 0 Å². The van der Waals surface area contributed by atoms with Gasteiger partial charge in [-0.3, -0.25) is 9.59 Å². The Morgan fingerprint density at radius 3 is 2.52 bits per heavy atom. The van der Waals surface area contributed by atoms with Crippen molar-refractivity contribution in [1.82, 2.24) is 15.1 Å². The molecule has 0 radical (unpaired) electrons. The van der Waals surface area contributed by atoms with E-state index in [1.54, 1.807) is 31.2 Å². The molecule has 2 aromatic carbocycles. The first kappa shape index (κ1) is 16.8. The van der Waals surface area contributed by atoms with Crippen molar-refractivity contribution in [2.24, 2.45) is 7.05 Å². The molecule has 25 heavy (non-hydrogen) atoms. The highest BCUT2D eigenvalue weighted by Crippen LogP contribution is 2.19. The van der Waals surface area contributed by atoms with Crippen molar-refractivity contribution in [3.63, 3.8) is 0 Å². The largest absolute Gasteiger partial charge is 0.344 e. The Kier molecular flexibility index (Phi) is 4.31. The first-order valence-corrected chi connectivity index (χ1v) is 7.60. The van der Waals surface area contributed by atoms with Crippen LogP contribution >= 0.6 is 0 Å². The normalized spacial score (nSPS) is 12.2. The maximum Gasteiger partial charge on any atom is 0.274 e. The van der Waals surface area contributed by atoms with Crippen LogP contribution in [-0.2, 0) is 7.05 Å². The molecule has 0 saturated carbocycles. The molecule has 0 aliphatic rings. The molecule has 128 valence electrons. The van der Waals surface area contributed by atoms with Gasteiger partial charge in [-0.1, -0.05) is 24.3 Å². The van der Waals surface area contributed by atoms with Gasteiger partial charge in [0.15, 0.2) is 5.69 Å². The first-order valence-electron chi connectivity index (χ1n) is 7.60. The summed E-state index contributed by atoms with van der Waals surface area (Å²) in [4.78, 5) is 24.7. The lowest BCUT2D eigenvalue weighted by Gasteiger charge is -2.16. The van der Waals surface area contributed by atoms with Crippen LogP contribution in [0.3, 0.4) is 0 Å². The number of hydrogen-bond acceptors (Lipinski definition) is 3. The molecule has 0 saturated heterocycles. The van der Waals surface area contributed by atoms with Crippen LogP contribution in [0.2, 0.25) is 0 Å². The summed E-state index contributed by atoms with van der Waals surface area (Å²) in [7, 11) is 1.45. The van der Waals surface area contributed by atoms with Gasteiger partial charge in [-0.2, -0.15) is 5.10 Å². The molecule has 0 fully saturated rings. The van der Waals surface area contributed by atoms with E-state index in [0.29, 0.717) is 10.8 Å². The van der Waals surface area contributed by atoms with E-state index in [4.69, 9.17) is 0 Å². The number of nitrogens with zero attached hydrogens (tertiary/aromatic N) is 2. The van der Waals surface area contributed by atoms with Crippen LogP contribution in [0.15, 0.2) is 47.3 Å². The molecule has 0 unspecified atom stereocenters. The van der Waals surface area contributed by atoms with Crippen molar-refractivity contribution in [2.45, 2.75) is 13.0 Å². The van der Waals surface area contributed by atoms with Gasteiger partial charge >= 0.3 is 0 Å². The standard InChI is InChI=1S/C18H15F2N3O2/c1-10(12-8-7-11(19)9-15(12)20)21-17(24)16-13-5-3-4-6-14(13)18(25)23(2)22-16/h3-10H,1-2H3,(H,21,24)/t10-/m1/s1. The second kappa shape index (κ2) is 6.43. The molecular formula is C18H15F2N3O2. The van der Waals surface area contributed by atoms with Gasteiger partial charge < -0.3 is 5.32 Å². The Morgan fingerprint density at radius 2 is 1.84 bits per heavy atom. The number of fused-ring (bicyclic) bond motifs is 1. The third kappa shape index (κ3) is 3.13. The highest BCUT2D eigenvalue weighted by atomic mass is 19.1. The number of rotatable bonds is 3. The summed E-state index contributed by atoms with van der Waals surface area (Å²) < 4.78 is 28.0. The molecule has 1 atom stereocenters. The molecule has 1 amide bonds. The topological polar surface area (TPSA) is 64.0 Å². The summed E-state index contributed by atoms with van der Waals surface area (Å²) in [6, 6.07) is 9.10. The number of carbonyl (C=O) groups is 1. The highest BCUT2D eigenvalue weighted by molar-refractivity contribution is 6.04. The van der Waals surface area contributed by atoms with Crippen LogP contribution in [0.5, 0.6) is 0 Å². The van der Waals surface area contributed by atoms with Gasteiger partial charge in [0.1, 0.15) is 11.6 Å². The molecule has 0 spiro atoms. The van der Waals surface area contributed by atoms with Gasteiger partial charge in [0.25, 0.3) is 11.5 Å². The van der Waals surface area contributed by atoms with Crippen molar-refractivity contribution >= 4 is 16.7 Å². The van der Waals surface area contributed by atoms with E-state index in [0.717, 1.165) is 16.8 Å². The fourth-order valence-electron chi connectivity index (χ4n) is 2.66. The van der Waals surface area contributed by atoms with Crippen LogP contribution in [0.4, 0.5) is 8.78 Å². The third-order valence-corrected chi connectivity index (χ3v) is 3.95. The smallest absolute Gasteiger partial charge is 0.274 e. The summed E-state index contributed by atoms with van der Waals surface area (Å²) in [5.74, 6) is -1.99. The quantitative estimate of drug-likeness (QED) is 0.795. The lowest BCUT2D eigenvalue weighted by Crippen LogP contribution is -2.31. The van der Waals surface area contributed by atoms with Crippen molar-refractivity contribution < 1.29 is 13.6 Å². The van der Waals surface area contributed by atoms with Gasteiger partial charge in [0, 0.05) is 24.1 Å². The minimum Gasteiger partial charge on any atom is -0.344 e. The maximum atomic E-state index is 13.9. The molecular weight excluding hydrogens is 328 g/mol. The van der Waals surface area contributed by atoms with Crippen LogP contribution < -0.4 is 10.9 Å². The Balaban J connectivity index is 1.98. The zero-order valence-electron chi connectivity index (χ0n) is 13.6. The summed E-state index contributed by atoms with van der Waals surface area (Å²) >= 11 is 0. The number of nitrogens with one attached hydrogen (secondary N) is 1. The van der Waals surface area contributed by atoms with E-state index < -0.39 is 23.6 Å². The molecule has 5 nitrogen and oxygen atoms in total. The zero-order valence-corrected chi connectivity index (χ0v) is 13.6. The number of hydrogen-bond donors (Lipinski definition) is 1. The predicted molar refractivity (Wildman–Crippen MR) is 89.2 cm³/mol. The van der Waals surface area contributed by atoms with Crippen LogP contribution in [0.1, 0.15) is 29.0 Å². The summed E-state index contributed by atoms with van der Waals surface area (Å²) in [5, 5.41) is 7.43. The van der Waals surface area contributed by atoms with Gasteiger partial charge in [0.05, 0.1) is 11.4 Å². The minimum absolute atomic E-state index is 0.0621. The van der Waals surface area contributed by atoms with Crippen molar-refractivity contribution in [3.8, 4) is 0 Å². The van der Waals surface area contributed by atoms with Crippen molar-refractivity contribution in [1.29, 1.82) is 0 Å². The van der Waals surface area contributed by atoms with Crippen LogP contribution in [0.25, 0.3) is 10.8 Å². The molecule has 1 aromatic heterocycles. The number of benzene rings is 2. The lowest BCUT2D eigenvalue weighted by atomic mass is 10.1. The average molecular weight is 343 g/mol. The van der Waals surface area contributed by atoms with Crippen LogP contribution in [0, 0.1) is 11.6 Å². The number of aromatic nitrogens is 2. The Labute approximate surface area is 141 Å². The lowest BCUT2D eigenvalue weighted by molar-refractivity contribution is 0.0934. The summed E-state index contributed by atoms with van der Waals surface area (Å²) in [6.07, 6.45) is 0. The van der Waals surface area contributed by atoms with Gasteiger partial charge in [-0.05, 0) is 19.1 Å². The number of carbonyl (C=O) groups excluding carboxylic acids is 1. The Morgan fingerprint density at radius 1 is 1.16 bits per heavy atom. The fraction of sp³-hybridized carbons (Fsp3) is 0.167. The maximum absolute atomic E-state index is 13.9. The molecule has 0 aliphatic heterocycles. The van der Waals surface area contributed by atoms with Crippen molar-refractivity contribution in [3.05, 3.63) is 75.7 Å². The molecule has 3 rings (SSSR count). The van der Waals surface area contributed by atoms with E-state index in [9.17, 15) is 18.4 Å². The van der Waals surface area contributed by atoms with E-state index in [-0.39, 0.29) is 16.8 Å². The molecule has 7 heteroatoms. The predicted octanol–water partition coefficient (Wildman–Crippen LogP) is 2.70. The van der Waals surface area contributed by atoms with Gasteiger partial charge in [-0.25, -0.2) is 13.5 Å². The second-order valence-electron chi connectivity index (χ2n) is 5.68. The first-order chi connectivity index (χ1) is 11.9. The van der Waals surface area contributed by atoms with E-state index in [1.165, 1.54) is 13.1 Å². The number of amides is 1. The van der Waals surface area contributed by atoms with E-state index in [2.05, 4.69) is 10.4 Å². The summed E-state index contributed by atoms with van der Waals surface area (Å²) in [6.45, 7) is 1.58. The average Bonchev–Trinajstić information content (AvgIpc) is 2.57. The molecule has 1 heterocycles. The SMILES string of the molecule is C[C@@H](NC(=O)c1nn(C)c(=O)c2ccccc12)c1ccc(F)cc1F. The summed E-state index contributed by atoms with van der Waals surface area (Å²) in [5.41, 5.74) is -0.0966. The zero-order chi connectivity index (χ0) is 18.1. The Hall–Kier alpha value is -3.09. The third-order valence-electron chi connectivity index (χ3n) is 3.95. The monoisotopic (exact) mass is 343 g/mol. The fourth-order valence-corrected chi connectivity index (χ4v) is 2.66.